The van der Waals surface area contributed by atoms with Crippen molar-refractivity contribution in [1.29, 1.82) is 0 Å². The molecule has 0 bridgehead atoms. The Kier molecular flexibility index (Phi) is 18.1. The van der Waals surface area contributed by atoms with Gasteiger partial charge >= 0.3 is 71.5 Å². The SMILES string of the molecule is CCC(=O)O.CC[CH2][Ca][CH2]CC. The van der Waals surface area contributed by atoms with E-state index in [-0.39, 0.29) is 40.3 Å². The summed E-state index contributed by atoms with van der Waals surface area (Å²) in [5.41, 5.74) is 0. The van der Waals surface area contributed by atoms with Gasteiger partial charge in [0.05, 0.1) is 0 Å². The molecule has 0 aromatic carbocycles. The van der Waals surface area contributed by atoms with Crippen LogP contribution in [0.1, 0.15) is 40.0 Å². The molecule has 0 spiro atoms. The van der Waals surface area contributed by atoms with Gasteiger partial charge in [0.15, 0.2) is 0 Å². The average Bonchev–Trinajstić information content (AvgIpc) is 2.07. The van der Waals surface area contributed by atoms with E-state index in [0.717, 1.165) is 0 Å². The molecule has 3 heteroatoms. The van der Waals surface area contributed by atoms with Gasteiger partial charge < -0.3 is 5.11 Å². The first-order valence-electron chi connectivity index (χ1n) is 4.90. The molecule has 0 aliphatic heterocycles. The van der Waals surface area contributed by atoms with E-state index in [1.807, 2.05) is 0 Å². The first-order valence-corrected chi connectivity index (χ1v) is 8.03. The van der Waals surface area contributed by atoms with Gasteiger partial charge in [-0.3, -0.25) is 4.79 Å². The second kappa shape index (κ2) is 14.3. The second-order valence-electron chi connectivity index (χ2n) is 2.81. The van der Waals surface area contributed by atoms with Crippen molar-refractivity contribution >= 4 is 39.8 Å². The molecule has 0 radical (unpaired) electrons. The summed E-state index contributed by atoms with van der Waals surface area (Å²) in [4.78, 5) is 9.37. The summed E-state index contributed by atoms with van der Waals surface area (Å²) in [6.07, 6.45) is 3.11. The summed E-state index contributed by atoms with van der Waals surface area (Å²) < 4.78 is 3.22. The fourth-order valence-corrected chi connectivity index (χ4v) is 2.79. The summed E-state index contributed by atoms with van der Waals surface area (Å²) in [5, 5.41) is 7.72. The van der Waals surface area contributed by atoms with Crippen LogP contribution in [0.2, 0.25) is 5.04 Å². The van der Waals surface area contributed by atoms with Crippen molar-refractivity contribution < 1.29 is 9.90 Å². The van der Waals surface area contributed by atoms with Crippen LogP contribution < -0.4 is 0 Å². The number of carboxylic acid groups (broad SMARTS) is 1. The van der Waals surface area contributed by atoms with Crippen molar-refractivity contribution in [2.75, 3.05) is 0 Å². The van der Waals surface area contributed by atoms with Crippen LogP contribution in [0.25, 0.3) is 0 Å². The van der Waals surface area contributed by atoms with Crippen LogP contribution >= 0.6 is 0 Å². The van der Waals surface area contributed by atoms with Gasteiger partial charge in [-0.1, -0.05) is 6.92 Å². The molecule has 0 saturated carbocycles. The fraction of sp³-hybridized carbons (Fsp3) is 0.889. The van der Waals surface area contributed by atoms with Gasteiger partial charge in [-0.05, 0) is 0 Å². The van der Waals surface area contributed by atoms with E-state index in [9.17, 15) is 4.79 Å². The molecule has 12 heavy (non-hydrogen) atoms. The topological polar surface area (TPSA) is 37.3 Å². The summed E-state index contributed by atoms with van der Waals surface area (Å²) in [7, 11) is 0. The minimum absolute atomic E-state index is 0.0521. The van der Waals surface area contributed by atoms with Crippen molar-refractivity contribution in [3.8, 4) is 0 Å². The van der Waals surface area contributed by atoms with Crippen LogP contribution in [0.4, 0.5) is 0 Å². The summed E-state index contributed by atoms with van der Waals surface area (Å²) >= 11 is 0.0521. The van der Waals surface area contributed by atoms with Crippen LogP contribution in [-0.2, 0) is 4.79 Å². The van der Waals surface area contributed by atoms with E-state index in [2.05, 4.69) is 13.8 Å². The number of aliphatic carboxylic acids is 1. The maximum atomic E-state index is 9.37. The van der Waals surface area contributed by atoms with E-state index in [1.165, 1.54) is 12.8 Å². The molecule has 70 valence electrons. The van der Waals surface area contributed by atoms with Crippen LogP contribution in [-0.4, -0.2) is 44.9 Å². The van der Waals surface area contributed by atoms with Gasteiger partial charge in [0.1, 0.15) is 0 Å². The van der Waals surface area contributed by atoms with E-state index >= 15 is 0 Å². The molecule has 0 saturated heterocycles. The molecule has 0 aliphatic carbocycles. The van der Waals surface area contributed by atoms with Crippen LogP contribution in [0.3, 0.4) is 0 Å². The van der Waals surface area contributed by atoms with Crippen LogP contribution in [0, 0.1) is 0 Å². The van der Waals surface area contributed by atoms with Crippen LogP contribution in [0.15, 0.2) is 0 Å². The molecule has 2 nitrogen and oxygen atoms in total. The van der Waals surface area contributed by atoms with E-state index in [1.54, 1.807) is 12.0 Å². The molecular weight excluding hydrogens is 180 g/mol. The van der Waals surface area contributed by atoms with Gasteiger partial charge in [0, 0.05) is 6.42 Å². The standard InChI is InChI=1S/C3H6O2.2C3H7.Ca/c1-2-3(4)5;2*1-3-2;/h2H2,1H3,(H,4,5);2*1,3H2,2H3;. The maximum absolute atomic E-state index is 9.37. The molecule has 0 unspecified atom stereocenters. The molecule has 0 heterocycles. The zero-order chi connectivity index (χ0) is 9.82. The van der Waals surface area contributed by atoms with Gasteiger partial charge in [-0.25, -0.2) is 0 Å². The van der Waals surface area contributed by atoms with Gasteiger partial charge in [-0.2, -0.15) is 0 Å². The zero-order valence-electron chi connectivity index (χ0n) is 8.60. The predicted molar refractivity (Wildman–Crippen MR) is 53.9 cm³/mol. The quantitative estimate of drug-likeness (QED) is 0.547. The third kappa shape index (κ3) is 22.4. The minimum atomic E-state index is -0.745. The number of hydrogen-bond donors (Lipinski definition) is 1. The molecule has 0 rings (SSSR count). The Balaban J connectivity index is 0. The molecule has 0 amide bonds. The third-order valence-corrected chi connectivity index (χ3v) is 5.28. The Morgan fingerprint density at radius 3 is 1.67 bits per heavy atom. The zero-order valence-corrected chi connectivity index (χ0v) is 10.8. The Morgan fingerprint density at radius 1 is 1.17 bits per heavy atom. The first kappa shape index (κ1) is 15.2. The Bertz CT molecular complexity index is 90.5. The van der Waals surface area contributed by atoms with Gasteiger partial charge in [0.25, 0.3) is 0 Å². The van der Waals surface area contributed by atoms with Gasteiger partial charge in [-0.15, -0.1) is 0 Å². The number of hydrogen-bond acceptors (Lipinski definition) is 1. The van der Waals surface area contributed by atoms with Crippen molar-refractivity contribution in [1.82, 2.24) is 0 Å². The fourth-order valence-electron chi connectivity index (χ4n) is 0.677. The molecule has 0 atom stereocenters. The Labute approximate surface area is 94.0 Å². The van der Waals surface area contributed by atoms with Crippen LogP contribution in [0.5, 0.6) is 0 Å². The number of carboxylic acids is 1. The number of carbonyl (C=O) groups is 1. The molecule has 1 N–H and O–H groups in total. The van der Waals surface area contributed by atoms with Crippen molar-refractivity contribution in [3.05, 3.63) is 0 Å². The summed E-state index contributed by atoms with van der Waals surface area (Å²) in [6, 6.07) is 0. The Hall–Kier alpha value is 0.730. The number of rotatable bonds is 5. The summed E-state index contributed by atoms with van der Waals surface area (Å²) in [6.45, 7) is 6.18. The third-order valence-electron chi connectivity index (χ3n) is 1.51. The van der Waals surface area contributed by atoms with E-state index < -0.39 is 5.97 Å². The van der Waals surface area contributed by atoms with Crippen molar-refractivity contribution in [3.63, 3.8) is 0 Å². The molecule has 0 aliphatic rings. The predicted octanol–water partition coefficient (Wildman–Crippen LogP) is 2.83. The first-order chi connectivity index (χ1) is 5.68. The van der Waals surface area contributed by atoms with Crippen molar-refractivity contribution in [2.24, 2.45) is 0 Å². The van der Waals surface area contributed by atoms with Gasteiger partial charge in [0.2, 0.25) is 0 Å². The molecule has 0 aromatic heterocycles. The summed E-state index contributed by atoms with van der Waals surface area (Å²) in [5.74, 6) is -0.745. The average molecular weight is 200 g/mol. The normalized spacial score (nSPS) is 7.92. The molecule has 0 fully saturated rings. The van der Waals surface area contributed by atoms with E-state index in [0.29, 0.717) is 0 Å². The second-order valence-corrected chi connectivity index (χ2v) is 6.12. The van der Waals surface area contributed by atoms with Crippen molar-refractivity contribution in [2.45, 2.75) is 45.1 Å². The molecule has 0 aromatic rings. The molecular formula is C9H20CaO2. The Morgan fingerprint density at radius 2 is 1.50 bits per heavy atom. The van der Waals surface area contributed by atoms with E-state index in [4.69, 9.17) is 5.11 Å². The monoisotopic (exact) mass is 200 g/mol.